The summed E-state index contributed by atoms with van der Waals surface area (Å²) < 4.78 is 4.97. The van der Waals surface area contributed by atoms with Crippen LogP contribution < -0.4 is 0 Å². The first kappa shape index (κ1) is 7.79. The minimum atomic E-state index is 0.676. The lowest BCUT2D eigenvalue weighted by Crippen LogP contribution is -1.87. The van der Waals surface area contributed by atoms with Crippen molar-refractivity contribution in [3.63, 3.8) is 0 Å². The molecule has 0 saturated heterocycles. The molecule has 1 heterocycles. The van der Waals surface area contributed by atoms with E-state index in [9.17, 15) is 0 Å². The Morgan fingerprint density at radius 3 is 2.91 bits per heavy atom. The minimum absolute atomic E-state index is 0.676. The second-order valence-corrected chi connectivity index (χ2v) is 2.31. The molecule has 2 heteroatoms. The molecule has 11 heavy (non-hydrogen) atoms. The van der Waals surface area contributed by atoms with Crippen molar-refractivity contribution in [3.05, 3.63) is 36.2 Å². The van der Waals surface area contributed by atoms with Gasteiger partial charge in [0.15, 0.2) is 0 Å². The topological polar surface area (TPSA) is 22.1 Å². The zero-order chi connectivity index (χ0) is 8.27. The molecule has 0 N–H and O–H groups in total. The van der Waals surface area contributed by atoms with Gasteiger partial charge in [-0.25, -0.2) is 0 Å². The van der Waals surface area contributed by atoms with Crippen molar-refractivity contribution in [2.45, 2.75) is 6.92 Å². The summed E-state index contributed by atoms with van der Waals surface area (Å²) in [6, 6.07) is 3.81. The first-order chi connectivity index (χ1) is 5.24. The van der Waals surface area contributed by atoms with Crippen molar-refractivity contribution in [1.82, 2.24) is 4.98 Å². The van der Waals surface area contributed by atoms with E-state index in [1.807, 2.05) is 19.1 Å². The molecule has 0 aromatic carbocycles. The first-order valence-corrected chi connectivity index (χ1v) is 3.40. The Hall–Kier alpha value is -1.31. The summed E-state index contributed by atoms with van der Waals surface area (Å²) in [5.74, 6) is 0.676. The average Bonchev–Trinajstić information content (AvgIpc) is 2.03. The maximum Gasteiger partial charge on any atom is 0.119 e. The van der Waals surface area contributed by atoms with Crippen molar-refractivity contribution < 1.29 is 4.74 Å². The van der Waals surface area contributed by atoms with Gasteiger partial charge in [0.2, 0.25) is 0 Å². The van der Waals surface area contributed by atoms with Crippen LogP contribution in [0.3, 0.4) is 0 Å². The fraction of sp³-hybridized carbons (Fsp3) is 0.222. The number of methoxy groups -OCH3 is 1. The third kappa shape index (κ3) is 1.80. The van der Waals surface area contributed by atoms with Crippen molar-refractivity contribution >= 4 is 5.76 Å². The Labute approximate surface area is 66.5 Å². The zero-order valence-corrected chi connectivity index (χ0v) is 6.79. The Kier molecular flexibility index (Phi) is 2.26. The van der Waals surface area contributed by atoms with E-state index in [2.05, 4.69) is 11.6 Å². The monoisotopic (exact) mass is 149 g/mol. The highest BCUT2D eigenvalue weighted by Gasteiger charge is 1.96. The molecule has 0 spiro atoms. The van der Waals surface area contributed by atoms with E-state index in [4.69, 9.17) is 4.74 Å². The zero-order valence-electron chi connectivity index (χ0n) is 6.79. The summed E-state index contributed by atoms with van der Waals surface area (Å²) >= 11 is 0. The highest BCUT2D eigenvalue weighted by molar-refractivity contribution is 5.56. The molecule has 1 aromatic rings. The van der Waals surface area contributed by atoms with E-state index in [0.717, 1.165) is 11.3 Å². The number of pyridine rings is 1. The summed E-state index contributed by atoms with van der Waals surface area (Å²) in [5.41, 5.74) is 1.96. The molecular formula is C9H11NO. The molecule has 0 fully saturated rings. The van der Waals surface area contributed by atoms with Crippen molar-refractivity contribution in [2.75, 3.05) is 7.11 Å². The van der Waals surface area contributed by atoms with Gasteiger partial charge >= 0.3 is 0 Å². The molecular weight excluding hydrogens is 138 g/mol. The summed E-state index contributed by atoms with van der Waals surface area (Å²) in [6.07, 6.45) is 1.74. The molecule has 58 valence electrons. The van der Waals surface area contributed by atoms with Crippen molar-refractivity contribution in [3.8, 4) is 0 Å². The molecule has 0 bridgehead atoms. The second kappa shape index (κ2) is 3.19. The van der Waals surface area contributed by atoms with Gasteiger partial charge in [-0.2, -0.15) is 0 Å². The second-order valence-electron chi connectivity index (χ2n) is 2.31. The molecule has 0 amide bonds. The van der Waals surface area contributed by atoms with Crippen LogP contribution in [-0.2, 0) is 4.74 Å². The van der Waals surface area contributed by atoms with Crippen LogP contribution in [0.2, 0.25) is 0 Å². The van der Waals surface area contributed by atoms with Gasteiger partial charge in [0.1, 0.15) is 5.76 Å². The van der Waals surface area contributed by atoms with Gasteiger partial charge in [0.25, 0.3) is 0 Å². The van der Waals surface area contributed by atoms with Gasteiger partial charge < -0.3 is 4.74 Å². The van der Waals surface area contributed by atoms with E-state index in [1.54, 1.807) is 13.3 Å². The number of ether oxygens (including phenoxy) is 1. The van der Waals surface area contributed by atoms with E-state index in [-0.39, 0.29) is 0 Å². The van der Waals surface area contributed by atoms with E-state index in [1.165, 1.54) is 0 Å². The van der Waals surface area contributed by atoms with Gasteiger partial charge in [0.05, 0.1) is 7.11 Å². The molecule has 0 aliphatic heterocycles. The summed E-state index contributed by atoms with van der Waals surface area (Å²) in [4.78, 5) is 4.06. The predicted molar refractivity (Wildman–Crippen MR) is 45.0 cm³/mol. The summed E-state index contributed by atoms with van der Waals surface area (Å²) in [6.45, 7) is 5.67. The molecule has 0 aliphatic rings. The molecule has 0 unspecified atom stereocenters. The molecule has 1 rings (SSSR count). The normalized spacial score (nSPS) is 9.27. The number of aryl methyl sites for hydroxylation is 1. The van der Waals surface area contributed by atoms with Crippen LogP contribution in [0, 0.1) is 6.92 Å². The molecule has 0 saturated carbocycles. The minimum Gasteiger partial charge on any atom is -0.497 e. The van der Waals surface area contributed by atoms with E-state index < -0.39 is 0 Å². The number of nitrogens with zero attached hydrogens (tertiary/aromatic N) is 1. The molecule has 0 aliphatic carbocycles. The number of hydrogen-bond acceptors (Lipinski definition) is 2. The van der Waals surface area contributed by atoms with Gasteiger partial charge in [-0.1, -0.05) is 6.58 Å². The summed E-state index contributed by atoms with van der Waals surface area (Å²) in [5, 5.41) is 0. The first-order valence-electron chi connectivity index (χ1n) is 3.40. The van der Waals surface area contributed by atoms with Crippen molar-refractivity contribution in [2.24, 2.45) is 0 Å². The third-order valence-corrected chi connectivity index (χ3v) is 1.47. The van der Waals surface area contributed by atoms with Gasteiger partial charge in [0, 0.05) is 17.5 Å². The Bertz CT molecular complexity index is 268. The van der Waals surface area contributed by atoms with Gasteiger partial charge in [-0.15, -0.1) is 0 Å². The largest absolute Gasteiger partial charge is 0.497 e. The molecule has 2 nitrogen and oxygen atoms in total. The SMILES string of the molecule is C=C(OC)c1ccnc(C)c1. The lowest BCUT2D eigenvalue weighted by Gasteiger charge is -2.03. The van der Waals surface area contributed by atoms with E-state index >= 15 is 0 Å². The van der Waals surface area contributed by atoms with Gasteiger partial charge in [-0.05, 0) is 19.1 Å². The number of hydrogen-bond donors (Lipinski definition) is 0. The van der Waals surface area contributed by atoms with Crippen LogP contribution in [-0.4, -0.2) is 12.1 Å². The lowest BCUT2D eigenvalue weighted by molar-refractivity contribution is 0.371. The maximum atomic E-state index is 4.97. The number of aromatic nitrogens is 1. The average molecular weight is 149 g/mol. The fourth-order valence-electron chi connectivity index (χ4n) is 0.837. The highest BCUT2D eigenvalue weighted by atomic mass is 16.5. The Morgan fingerprint density at radius 1 is 1.64 bits per heavy atom. The smallest absolute Gasteiger partial charge is 0.119 e. The van der Waals surface area contributed by atoms with Gasteiger partial charge in [-0.3, -0.25) is 4.98 Å². The van der Waals surface area contributed by atoms with Crippen molar-refractivity contribution in [1.29, 1.82) is 0 Å². The molecule has 0 radical (unpaired) electrons. The fourth-order valence-corrected chi connectivity index (χ4v) is 0.837. The quantitative estimate of drug-likeness (QED) is 0.600. The Balaban J connectivity index is 2.96. The predicted octanol–water partition coefficient (Wildman–Crippen LogP) is 2.01. The van der Waals surface area contributed by atoms with Crippen LogP contribution in [0.25, 0.3) is 5.76 Å². The van der Waals surface area contributed by atoms with Crippen LogP contribution >= 0.6 is 0 Å². The number of rotatable bonds is 2. The molecule has 0 atom stereocenters. The maximum absolute atomic E-state index is 4.97. The van der Waals surface area contributed by atoms with Crippen LogP contribution in [0.15, 0.2) is 24.9 Å². The van der Waals surface area contributed by atoms with E-state index in [0.29, 0.717) is 5.76 Å². The lowest BCUT2D eigenvalue weighted by atomic mass is 10.2. The van der Waals surface area contributed by atoms with Crippen LogP contribution in [0.5, 0.6) is 0 Å². The third-order valence-electron chi connectivity index (χ3n) is 1.47. The standard InChI is InChI=1S/C9H11NO/c1-7-6-9(4-5-10-7)8(2)11-3/h4-6H,2H2,1,3H3. The summed E-state index contributed by atoms with van der Waals surface area (Å²) in [7, 11) is 1.61. The van der Waals surface area contributed by atoms with Crippen LogP contribution in [0.1, 0.15) is 11.3 Å². The molecule has 1 aromatic heterocycles. The highest BCUT2D eigenvalue weighted by Crippen LogP contribution is 2.11. The van der Waals surface area contributed by atoms with Crippen LogP contribution in [0.4, 0.5) is 0 Å². The Morgan fingerprint density at radius 2 is 2.36 bits per heavy atom.